The van der Waals surface area contributed by atoms with E-state index in [1.165, 1.54) is 160 Å². The molecule has 0 bridgehead atoms. The molecule has 0 heterocycles. The second-order valence-electron chi connectivity index (χ2n) is 13.0. The lowest BCUT2D eigenvalue weighted by Gasteiger charge is -2.34. The number of carbonyl (C=O) groups is 1. The standard InChI is InChI=1S/C34H60O2/c1-28-20-14-12-13-19-25-31(27-26-28)33(34(35)36)32(29-21-15-8-4-2-5-9-16-22-29)30-23-17-10-6-3-7-11-18-24-30/h28-31H,2-27H2,1H3,(H,35,36). The van der Waals surface area contributed by atoms with Gasteiger partial charge in [-0.2, -0.15) is 0 Å². The van der Waals surface area contributed by atoms with Gasteiger partial charge in [0.1, 0.15) is 0 Å². The maximum absolute atomic E-state index is 13.3. The normalized spacial score (nSPS) is 28.0. The summed E-state index contributed by atoms with van der Waals surface area (Å²) in [6.45, 7) is 2.41. The molecule has 3 aliphatic carbocycles. The summed E-state index contributed by atoms with van der Waals surface area (Å²) in [6.07, 6.45) is 33.8. The van der Waals surface area contributed by atoms with Crippen LogP contribution in [0.1, 0.15) is 174 Å². The fourth-order valence-corrected chi connectivity index (χ4v) is 7.85. The number of hydrogen-bond donors (Lipinski definition) is 1. The maximum atomic E-state index is 13.3. The fourth-order valence-electron chi connectivity index (χ4n) is 7.85. The summed E-state index contributed by atoms with van der Waals surface area (Å²) in [6, 6.07) is 0. The molecule has 3 rings (SSSR count). The molecule has 3 saturated carbocycles. The van der Waals surface area contributed by atoms with Crippen molar-refractivity contribution in [3.05, 3.63) is 11.1 Å². The van der Waals surface area contributed by atoms with E-state index in [4.69, 9.17) is 0 Å². The van der Waals surface area contributed by atoms with E-state index in [9.17, 15) is 9.90 Å². The van der Waals surface area contributed by atoms with Crippen LogP contribution < -0.4 is 0 Å². The molecule has 2 atom stereocenters. The summed E-state index contributed by atoms with van der Waals surface area (Å²) in [4.78, 5) is 13.3. The van der Waals surface area contributed by atoms with Crippen molar-refractivity contribution in [3.63, 3.8) is 0 Å². The van der Waals surface area contributed by atoms with Crippen LogP contribution >= 0.6 is 0 Å². The zero-order valence-electron chi connectivity index (χ0n) is 24.0. The summed E-state index contributed by atoms with van der Waals surface area (Å²) in [5.41, 5.74) is 2.42. The molecule has 3 fully saturated rings. The zero-order chi connectivity index (χ0) is 25.4. The summed E-state index contributed by atoms with van der Waals surface area (Å²) in [5, 5.41) is 10.9. The van der Waals surface area contributed by atoms with Gasteiger partial charge in [-0.15, -0.1) is 0 Å². The van der Waals surface area contributed by atoms with Gasteiger partial charge in [-0.1, -0.05) is 141 Å². The molecule has 2 unspecified atom stereocenters. The Morgan fingerprint density at radius 3 is 1.17 bits per heavy atom. The van der Waals surface area contributed by atoms with Crippen molar-refractivity contribution in [1.82, 2.24) is 0 Å². The number of carboxylic acid groups (broad SMARTS) is 1. The molecule has 208 valence electrons. The van der Waals surface area contributed by atoms with E-state index < -0.39 is 5.97 Å². The number of rotatable bonds is 4. The van der Waals surface area contributed by atoms with Gasteiger partial charge in [0.05, 0.1) is 0 Å². The molecule has 0 aromatic heterocycles. The molecular weight excluding hydrogens is 440 g/mol. The molecule has 2 nitrogen and oxygen atoms in total. The third-order valence-corrected chi connectivity index (χ3v) is 10.0. The lowest BCUT2D eigenvalue weighted by Crippen LogP contribution is -2.25. The highest BCUT2D eigenvalue weighted by atomic mass is 16.4. The number of allylic oxidation sites excluding steroid dienone is 1. The predicted molar refractivity (Wildman–Crippen MR) is 154 cm³/mol. The highest BCUT2D eigenvalue weighted by Gasteiger charge is 2.33. The van der Waals surface area contributed by atoms with E-state index in [0.717, 1.165) is 24.3 Å². The van der Waals surface area contributed by atoms with Crippen LogP contribution in [0.15, 0.2) is 11.1 Å². The van der Waals surface area contributed by atoms with Crippen molar-refractivity contribution >= 4 is 5.97 Å². The third-order valence-electron chi connectivity index (χ3n) is 10.0. The molecule has 0 aliphatic heterocycles. The van der Waals surface area contributed by atoms with Gasteiger partial charge in [0.15, 0.2) is 0 Å². The van der Waals surface area contributed by atoms with Crippen molar-refractivity contribution < 1.29 is 9.90 Å². The first-order valence-electron chi connectivity index (χ1n) is 16.6. The van der Waals surface area contributed by atoms with Crippen molar-refractivity contribution in [1.29, 1.82) is 0 Å². The summed E-state index contributed by atoms with van der Waals surface area (Å²) in [5.74, 6) is 1.52. The van der Waals surface area contributed by atoms with Gasteiger partial charge >= 0.3 is 5.97 Å². The van der Waals surface area contributed by atoms with Crippen LogP contribution in [0, 0.1) is 23.7 Å². The van der Waals surface area contributed by atoms with Crippen molar-refractivity contribution in [2.45, 2.75) is 174 Å². The molecule has 36 heavy (non-hydrogen) atoms. The highest BCUT2D eigenvalue weighted by molar-refractivity contribution is 5.88. The van der Waals surface area contributed by atoms with Gasteiger partial charge < -0.3 is 5.11 Å². The first-order valence-corrected chi connectivity index (χ1v) is 16.6. The first-order chi connectivity index (χ1) is 17.7. The molecule has 3 aliphatic rings. The van der Waals surface area contributed by atoms with E-state index in [1.54, 1.807) is 0 Å². The third kappa shape index (κ3) is 10.5. The first kappa shape index (κ1) is 29.8. The average Bonchev–Trinajstić information content (AvgIpc) is 2.88. The largest absolute Gasteiger partial charge is 0.478 e. The zero-order valence-corrected chi connectivity index (χ0v) is 24.0. The number of aliphatic carboxylic acids is 1. The van der Waals surface area contributed by atoms with Crippen molar-refractivity contribution in [3.8, 4) is 0 Å². The highest BCUT2D eigenvalue weighted by Crippen LogP contribution is 2.42. The predicted octanol–water partition coefficient (Wildman–Crippen LogP) is 11.0. The summed E-state index contributed by atoms with van der Waals surface area (Å²) >= 11 is 0. The average molecular weight is 501 g/mol. The van der Waals surface area contributed by atoms with Gasteiger partial charge in [-0.25, -0.2) is 4.79 Å². The van der Waals surface area contributed by atoms with E-state index in [0.29, 0.717) is 11.8 Å². The Bertz CT molecular complexity index is 587. The SMILES string of the molecule is CC1CCCCCCC(C(C(=O)O)=C(C2CCCCCCCCC2)C2CCCCCCCCC2)CC1. The Morgan fingerprint density at radius 2 is 0.778 bits per heavy atom. The molecule has 0 amide bonds. The topological polar surface area (TPSA) is 37.3 Å². The Morgan fingerprint density at radius 1 is 0.444 bits per heavy atom. The van der Waals surface area contributed by atoms with E-state index in [2.05, 4.69) is 6.92 Å². The Balaban J connectivity index is 1.98. The minimum atomic E-state index is -0.547. The van der Waals surface area contributed by atoms with E-state index >= 15 is 0 Å². The molecule has 2 heteroatoms. The van der Waals surface area contributed by atoms with Gasteiger partial charge in [0.2, 0.25) is 0 Å². The minimum Gasteiger partial charge on any atom is -0.478 e. The molecule has 0 radical (unpaired) electrons. The smallest absolute Gasteiger partial charge is 0.331 e. The maximum Gasteiger partial charge on any atom is 0.331 e. The van der Waals surface area contributed by atoms with Crippen LogP contribution in [-0.2, 0) is 4.79 Å². The molecule has 1 N–H and O–H groups in total. The number of carboxylic acids is 1. The monoisotopic (exact) mass is 500 g/mol. The van der Waals surface area contributed by atoms with Crippen LogP contribution in [0.5, 0.6) is 0 Å². The molecule has 0 aromatic rings. The molecule has 0 spiro atoms. The van der Waals surface area contributed by atoms with Gasteiger partial charge in [0, 0.05) is 5.57 Å². The Labute approximate surface area is 224 Å². The van der Waals surface area contributed by atoms with Crippen LogP contribution in [0.3, 0.4) is 0 Å². The van der Waals surface area contributed by atoms with Crippen LogP contribution in [0.25, 0.3) is 0 Å². The van der Waals surface area contributed by atoms with E-state index in [-0.39, 0.29) is 5.92 Å². The van der Waals surface area contributed by atoms with Crippen LogP contribution in [0.2, 0.25) is 0 Å². The summed E-state index contributed by atoms with van der Waals surface area (Å²) in [7, 11) is 0. The van der Waals surface area contributed by atoms with Crippen LogP contribution in [-0.4, -0.2) is 11.1 Å². The quantitative estimate of drug-likeness (QED) is 0.390. The van der Waals surface area contributed by atoms with E-state index in [1.807, 2.05) is 0 Å². The lowest BCUT2D eigenvalue weighted by molar-refractivity contribution is -0.133. The van der Waals surface area contributed by atoms with Crippen LogP contribution in [0.4, 0.5) is 0 Å². The molecule has 0 aromatic carbocycles. The Kier molecular flexibility index (Phi) is 14.6. The molecule has 0 saturated heterocycles. The Hall–Kier alpha value is -0.790. The van der Waals surface area contributed by atoms with Gasteiger partial charge in [-0.05, 0) is 62.2 Å². The fraction of sp³-hybridized carbons (Fsp3) is 0.912. The minimum absolute atomic E-state index is 0.281. The van der Waals surface area contributed by atoms with Gasteiger partial charge in [0.25, 0.3) is 0 Å². The second kappa shape index (κ2) is 17.7. The lowest BCUT2D eigenvalue weighted by atomic mass is 9.71. The van der Waals surface area contributed by atoms with Gasteiger partial charge in [-0.3, -0.25) is 0 Å². The summed E-state index contributed by atoms with van der Waals surface area (Å²) < 4.78 is 0. The number of hydrogen-bond acceptors (Lipinski definition) is 1. The van der Waals surface area contributed by atoms with Crippen molar-refractivity contribution in [2.24, 2.45) is 23.7 Å². The second-order valence-corrected chi connectivity index (χ2v) is 13.0. The van der Waals surface area contributed by atoms with Crippen molar-refractivity contribution in [2.75, 3.05) is 0 Å². The molecular formula is C34H60O2.